The smallest absolute Gasteiger partial charge is 0.115 e. The maximum atomic E-state index is 9.30. The molecule has 0 unspecified atom stereocenters. The molecule has 0 radical (unpaired) electrons. The fraction of sp³-hybridized carbons (Fsp3) is 0.0625. The van der Waals surface area contributed by atoms with Crippen LogP contribution in [0.5, 0.6) is 5.75 Å². The molecule has 0 amide bonds. The monoisotopic (exact) mass is 299 g/mol. The van der Waals surface area contributed by atoms with E-state index in [0.29, 0.717) is 11.6 Å². The molecule has 0 bridgehead atoms. The maximum absolute atomic E-state index is 9.30. The zero-order chi connectivity index (χ0) is 14.7. The van der Waals surface area contributed by atoms with Crippen molar-refractivity contribution in [1.82, 2.24) is 9.78 Å². The van der Waals surface area contributed by atoms with E-state index >= 15 is 0 Å². The first kappa shape index (κ1) is 13.5. The van der Waals surface area contributed by atoms with Crippen LogP contribution in [-0.2, 0) is 6.54 Å². The molecule has 5 heteroatoms. The maximum Gasteiger partial charge on any atom is 0.115 e. The molecule has 21 heavy (non-hydrogen) atoms. The van der Waals surface area contributed by atoms with Crippen molar-refractivity contribution >= 4 is 17.3 Å². The van der Waals surface area contributed by atoms with Gasteiger partial charge in [-0.1, -0.05) is 23.7 Å². The van der Waals surface area contributed by atoms with Gasteiger partial charge in [0.2, 0.25) is 0 Å². The molecular weight excluding hydrogens is 286 g/mol. The topological polar surface area (TPSA) is 50.1 Å². The molecule has 4 nitrogen and oxygen atoms in total. The standard InChI is InChI=1S/C16H14ClN3O/c17-13-4-7-16(20-9-1-8-19-20)15(10-13)18-11-12-2-5-14(21)6-3-12/h1-10,18,21H,11H2. The highest BCUT2D eigenvalue weighted by Gasteiger charge is 2.06. The molecule has 3 rings (SSSR count). The van der Waals surface area contributed by atoms with Crippen molar-refractivity contribution in [2.24, 2.45) is 0 Å². The molecule has 106 valence electrons. The second-order valence-electron chi connectivity index (χ2n) is 4.63. The number of hydrogen-bond donors (Lipinski definition) is 2. The van der Waals surface area contributed by atoms with E-state index in [2.05, 4.69) is 10.4 Å². The number of halogens is 1. The minimum absolute atomic E-state index is 0.263. The summed E-state index contributed by atoms with van der Waals surface area (Å²) in [5.74, 6) is 0.263. The van der Waals surface area contributed by atoms with E-state index in [-0.39, 0.29) is 5.75 Å². The van der Waals surface area contributed by atoms with Crippen molar-refractivity contribution in [3.63, 3.8) is 0 Å². The molecule has 1 aromatic heterocycles. The van der Waals surface area contributed by atoms with Gasteiger partial charge >= 0.3 is 0 Å². The average Bonchev–Trinajstić information content (AvgIpc) is 3.01. The number of nitrogens with zero attached hydrogens (tertiary/aromatic N) is 2. The van der Waals surface area contributed by atoms with E-state index in [1.54, 1.807) is 23.0 Å². The largest absolute Gasteiger partial charge is 0.508 e. The Kier molecular flexibility index (Phi) is 3.79. The number of benzene rings is 2. The van der Waals surface area contributed by atoms with Crippen LogP contribution in [0.1, 0.15) is 5.56 Å². The van der Waals surface area contributed by atoms with Crippen LogP contribution in [0.2, 0.25) is 5.02 Å². The van der Waals surface area contributed by atoms with Crippen molar-refractivity contribution in [2.45, 2.75) is 6.54 Å². The molecule has 0 aliphatic heterocycles. The quantitative estimate of drug-likeness (QED) is 0.769. The fourth-order valence-corrected chi connectivity index (χ4v) is 2.24. The summed E-state index contributed by atoms with van der Waals surface area (Å²) < 4.78 is 1.79. The Bertz CT molecular complexity index is 724. The molecule has 1 heterocycles. The van der Waals surface area contributed by atoms with Crippen LogP contribution in [0, 0.1) is 0 Å². The molecule has 2 aromatic carbocycles. The van der Waals surface area contributed by atoms with Crippen LogP contribution in [0.3, 0.4) is 0 Å². The summed E-state index contributed by atoms with van der Waals surface area (Å²) in [4.78, 5) is 0. The van der Waals surface area contributed by atoms with Crippen molar-refractivity contribution in [3.05, 3.63) is 71.5 Å². The first-order valence-corrected chi connectivity index (χ1v) is 6.91. The van der Waals surface area contributed by atoms with E-state index in [1.165, 1.54) is 0 Å². The predicted octanol–water partition coefficient (Wildman–Crippen LogP) is 3.84. The third kappa shape index (κ3) is 3.17. The predicted molar refractivity (Wildman–Crippen MR) is 84.0 cm³/mol. The normalized spacial score (nSPS) is 10.5. The minimum atomic E-state index is 0.263. The summed E-state index contributed by atoms with van der Waals surface area (Å²) in [6.07, 6.45) is 3.62. The molecule has 0 spiro atoms. The molecule has 0 aliphatic rings. The Morgan fingerprint density at radius 2 is 1.95 bits per heavy atom. The number of aromatic nitrogens is 2. The molecule has 0 aliphatic carbocycles. The number of hydrogen-bond acceptors (Lipinski definition) is 3. The van der Waals surface area contributed by atoms with Gasteiger partial charge in [0, 0.05) is 24.0 Å². The number of anilines is 1. The Hall–Kier alpha value is -2.46. The van der Waals surface area contributed by atoms with Crippen LogP contribution in [0.15, 0.2) is 60.9 Å². The van der Waals surface area contributed by atoms with Crippen LogP contribution in [0.4, 0.5) is 5.69 Å². The summed E-state index contributed by atoms with van der Waals surface area (Å²) in [6, 6.07) is 14.6. The van der Waals surface area contributed by atoms with Gasteiger partial charge in [-0.25, -0.2) is 4.68 Å². The summed E-state index contributed by atoms with van der Waals surface area (Å²) in [5.41, 5.74) is 2.90. The van der Waals surface area contributed by atoms with Gasteiger partial charge in [-0.05, 0) is 42.0 Å². The summed E-state index contributed by atoms with van der Waals surface area (Å²) in [5, 5.41) is 17.6. The summed E-state index contributed by atoms with van der Waals surface area (Å²) in [7, 11) is 0. The van der Waals surface area contributed by atoms with Crippen LogP contribution < -0.4 is 5.32 Å². The number of phenols is 1. The molecule has 2 N–H and O–H groups in total. The minimum Gasteiger partial charge on any atom is -0.508 e. The highest BCUT2D eigenvalue weighted by molar-refractivity contribution is 6.31. The van der Waals surface area contributed by atoms with Gasteiger partial charge in [0.15, 0.2) is 0 Å². The summed E-state index contributed by atoms with van der Waals surface area (Å²) >= 11 is 6.08. The lowest BCUT2D eigenvalue weighted by atomic mass is 10.2. The van der Waals surface area contributed by atoms with E-state index in [1.807, 2.05) is 42.6 Å². The van der Waals surface area contributed by atoms with Gasteiger partial charge in [-0.2, -0.15) is 5.10 Å². The number of phenolic OH excluding ortho intramolecular Hbond substituents is 1. The first-order valence-electron chi connectivity index (χ1n) is 6.54. The first-order chi connectivity index (χ1) is 10.2. The lowest BCUT2D eigenvalue weighted by Gasteiger charge is -2.13. The zero-order valence-corrected chi connectivity index (χ0v) is 12.0. The molecule has 3 aromatic rings. The Morgan fingerprint density at radius 1 is 1.14 bits per heavy atom. The van der Waals surface area contributed by atoms with Crippen LogP contribution in [-0.4, -0.2) is 14.9 Å². The lowest BCUT2D eigenvalue weighted by Crippen LogP contribution is -2.04. The van der Waals surface area contributed by atoms with Gasteiger partial charge < -0.3 is 10.4 Å². The summed E-state index contributed by atoms with van der Waals surface area (Å²) in [6.45, 7) is 0.634. The van der Waals surface area contributed by atoms with Crippen LogP contribution >= 0.6 is 11.6 Å². The Morgan fingerprint density at radius 3 is 2.67 bits per heavy atom. The Balaban J connectivity index is 1.84. The lowest BCUT2D eigenvalue weighted by molar-refractivity contribution is 0.475. The van der Waals surface area contributed by atoms with E-state index in [9.17, 15) is 5.11 Å². The van der Waals surface area contributed by atoms with Gasteiger partial charge in [-0.15, -0.1) is 0 Å². The van der Waals surface area contributed by atoms with Crippen molar-refractivity contribution in [1.29, 1.82) is 0 Å². The molecular formula is C16H14ClN3O. The SMILES string of the molecule is Oc1ccc(CNc2cc(Cl)ccc2-n2cccn2)cc1. The van der Waals surface area contributed by atoms with E-state index in [4.69, 9.17) is 11.6 Å². The third-order valence-corrected chi connectivity index (χ3v) is 3.36. The van der Waals surface area contributed by atoms with Gasteiger partial charge in [0.1, 0.15) is 5.75 Å². The van der Waals surface area contributed by atoms with Gasteiger partial charge in [0.05, 0.1) is 11.4 Å². The Labute approximate surface area is 127 Å². The van der Waals surface area contributed by atoms with Gasteiger partial charge in [-0.3, -0.25) is 0 Å². The third-order valence-electron chi connectivity index (χ3n) is 3.13. The fourth-order valence-electron chi connectivity index (χ4n) is 2.07. The van der Waals surface area contributed by atoms with Gasteiger partial charge in [0.25, 0.3) is 0 Å². The second kappa shape index (κ2) is 5.89. The molecule has 0 saturated heterocycles. The second-order valence-corrected chi connectivity index (χ2v) is 5.07. The van der Waals surface area contributed by atoms with E-state index in [0.717, 1.165) is 16.9 Å². The van der Waals surface area contributed by atoms with Crippen molar-refractivity contribution in [3.8, 4) is 11.4 Å². The van der Waals surface area contributed by atoms with Crippen molar-refractivity contribution in [2.75, 3.05) is 5.32 Å². The molecule has 0 atom stereocenters. The molecule has 0 fully saturated rings. The number of nitrogens with one attached hydrogen (secondary N) is 1. The highest BCUT2D eigenvalue weighted by atomic mass is 35.5. The number of aromatic hydroxyl groups is 1. The highest BCUT2D eigenvalue weighted by Crippen LogP contribution is 2.24. The average molecular weight is 300 g/mol. The van der Waals surface area contributed by atoms with Crippen molar-refractivity contribution < 1.29 is 5.11 Å². The number of rotatable bonds is 4. The zero-order valence-electron chi connectivity index (χ0n) is 11.2. The van der Waals surface area contributed by atoms with E-state index < -0.39 is 0 Å². The molecule has 0 saturated carbocycles. The van der Waals surface area contributed by atoms with Crippen LogP contribution in [0.25, 0.3) is 5.69 Å².